The smallest absolute Gasteiger partial charge is 0.234 e. The van der Waals surface area contributed by atoms with Crippen LogP contribution in [-0.4, -0.2) is 47.9 Å². The Kier molecular flexibility index (Phi) is 7.15. The van der Waals surface area contributed by atoms with E-state index in [1.54, 1.807) is 0 Å². The average molecular weight is 297 g/mol. The first-order valence-corrected chi connectivity index (χ1v) is 8.10. The Morgan fingerprint density at radius 2 is 1.67 bits per heavy atom. The molecular weight excluding hydrogens is 266 g/mol. The first-order chi connectivity index (χ1) is 9.78. The zero-order chi connectivity index (χ0) is 15.9. The van der Waals surface area contributed by atoms with Crippen LogP contribution in [0.3, 0.4) is 0 Å². The molecule has 1 atom stereocenters. The molecule has 0 aliphatic carbocycles. The third-order valence-electron chi connectivity index (χ3n) is 3.57. The molecule has 0 radical (unpaired) electrons. The third-order valence-corrected chi connectivity index (χ3v) is 3.57. The van der Waals surface area contributed by atoms with Gasteiger partial charge < -0.3 is 15.5 Å². The maximum absolute atomic E-state index is 12.2. The number of nitrogens with one attached hydrogen (secondary N) is 2. The summed E-state index contributed by atoms with van der Waals surface area (Å²) >= 11 is 0. The topological polar surface area (TPSA) is 61.4 Å². The van der Waals surface area contributed by atoms with E-state index in [4.69, 9.17) is 0 Å². The first kappa shape index (κ1) is 18.0. The molecule has 2 amide bonds. The minimum Gasteiger partial charge on any atom is -0.350 e. The van der Waals surface area contributed by atoms with E-state index in [9.17, 15) is 9.59 Å². The first-order valence-electron chi connectivity index (χ1n) is 8.10. The Morgan fingerprint density at radius 3 is 2.19 bits per heavy atom. The molecule has 1 heterocycles. The molecule has 0 aromatic heterocycles. The van der Waals surface area contributed by atoms with Crippen LogP contribution in [0.5, 0.6) is 0 Å². The molecule has 5 nitrogen and oxygen atoms in total. The number of carbonyl (C=O) groups is 2. The van der Waals surface area contributed by atoms with Crippen LogP contribution in [0.4, 0.5) is 0 Å². The lowest BCUT2D eigenvalue weighted by Gasteiger charge is -2.24. The number of carbonyl (C=O) groups excluding carboxylic acids is 2. The van der Waals surface area contributed by atoms with Crippen LogP contribution in [0, 0.1) is 0 Å². The zero-order valence-electron chi connectivity index (χ0n) is 14.0. The lowest BCUT2D eigenvalue weighted by Crippen LogP contribution is -2.47. The molecule has 1 aliphatic rings. The molecule has 1 rings (SSSR count). The normalized spacial score (nSPS) is 18.0. The van der Waals surface area contributed by atoms with E-state index in [2.05, 4.69) is 10.6 Å². The van der Waals surface area contributed by atoms with Crippen LogP contribution in [0.1, 0.15) is 59.8 Å². The molecule has 1 fully saturated rings. The fourth-order valence-corrected chi connectivity index (χ4v) is 2.51. The van der Waals surface area contributed by atoms with Gasteiger partial charge in [-0.3, -0.25) is 9.59 Å². The largest absolute Gasteiger partial charge is 0.350 e. The molecule has 5 heteroatoms. The van der Waals surface area contributed by atoms with Crippen molar-refractivity contribution < 1.29 is 9.59 Å². The van der Waals surface area contributed by atoms with Crippen molar-refractivity contribution in [2.45, 2.75) is 71.4 Å². The molecule has 2 N–H and O–H groups in total. The van der Waals surface area contributed by atoms with Crippen LogP contribution in [0.25, 0.3) is 0 Å². The molecule has 0 spiro atoms. The fraction of sp³-hybridized carbons (Fsp3) is 0.875. The molecular formula is C16H31N3O2. The van der Waals surface area contributed by atoms with E-state index >= 15 is 0 Å². The van der Waals surface area contributed by atoms with Crippen molar-refractivity contribution in [2.24, 2.45) is 0 Å². The van der Waals surface area contributed by atoms with Gasteiger partial charge in [0.2, 0.25) is 11.8 Å². The highest BCUT2D eigenvalue weighted by atomic mass is 16.2. The molecule has 0 bridgehead atoms. The summed E-state index contributed by atoms with van der Waals surface area (Å²) in [5.74, 6) is 0.171. The summed E-state index contributed by atoms with van der Waals surface area (Å²) in [6.45, 7) is 9.85. The molecule has 21 heavy (non-hydrogen) atoms. The zero-order valence-corrected chi connectivity index (χ0v) is 14.0. The van der Waals surface area contributed by atoms with E-state index < -0.39 is 0 Å². The minimum absolute atomic E-state index is 0.0199. The van der Waals surface area contributed by atoms with Gasteiger partial charge >= 0.3 is 0 Å². The van der Waals surface area contributed by atoms with Gasteiger partial charge in [-0.2, -0.15) is 0 Å². The predicted octanol–water partition coefficient (Wildman–Crippen LogP) is 1.67. The Hall–Kier alpha value is -1.10. The fourth-order valence-electron chi connectivity index (χ4n) is 2.51. The van der Waals surface area contributed by atoms with Crippen LogP contribution in [-0.2, 0) is 9.59 Å². The quantitative estimate of drug-likeness (QED) is 0.811. The number of rotatable bonds is 5. The molecule has 1 saturated heterocycles. The van der Waals surface area contributed by atoms with Gasteiger partial charge in [-0.25, -0.2) is 0 Å². The van der Waals surface area contributed by atoms with Crippen molar-refractivity contribution in [1.82, 2.24) is 15.5 Å². The lowest BCUT2D eigenvalue weighted by molar-refractivity contribution is -0.132. The number of amides is 2. The molecule has 0 unspecified atom stereocenters. The number of hydrogen-bond acceptors (Lipinski definition) is 3. The average Bonchev–Trinajstić information content (AvgIpc) is 2.63. The van der Waals surface area contributed by atoms with Gasteiger partial charge in [0.25, 0.3) is 0 Å². The third kappa shape index (κ3) is 8.05. The molecule has 0 aromatic carbocycles. The van der Waals surface area contributed by atoms with Gasteiger partial charge in [0.15, 0.2) is 0 Å². The summed E-state index contributed by atoms with van der Waals surface area (Å²) in [6, 6.07) is 0.0199. The highest BCUT2D eigenvalue weighted by Crippen LogP contribution is 2.11. The number of likely N-dealkylation sites (tertiary alicyclic amines) is 1. The predicted molar refractivity (Wildman–Crippen MR) is 85.0 cm³/mol. The van der Waals surface area contributed by atoms with Crippen LogP contribution < -0.4 is 10.6 Å². The molecule has 1 aliphatic heterocycles. The molecule has 122 valence electrons. The van der Waals surface area contributed by atoms with Gasteiger partial charge in [0.1, 0.15) is 0 Å². The number of nitrogens with zero attached hydrogens (tertiary/aromatic N) is 1. The van der Waals surface area contributed by atoms with Gasteiger partial charge in [-0.15, -0.1) is 0 Å². The van der Waals surface area contributed by atoms with Gasteiger partial charge in [-0.1, -0.05) is 12.8 Å². The summed E-state index contributed by atoms with van der Waals surface area (Å²) in [6.07, 6.45) is 5.14. The summed E-state index contributed by atoms with van der Waals surface area (Å²) in [5, 5.41) is 6.03. The maximum atomic E-state index is 12.2. The van der Waals surface area contributed by atoms with Gasteiger partial charge in [0, 0.05) is 31.1 Å². The highest BCUT2D eigenvalue weighted by Gasteiger charge is 2.19. The van der Waals surface area contributed by atoms with Gasteiger partial charge in [-0.05, 0) is 40.5 Å². The Balaban J connectivity index is 2.27. The Bertz CT molecular complexity index is 342. The second-order valence-electron chi connectivity index (χ2n) is 7.08. The van der Waals surface area contributed by atoms with Crippen LogP contribution in [0.2, 0.25) is 0 Å². The summed E-state index contributed by atoms with van der Waals surface area (Å²) in [5.41, 5.74) is -0.218. The van der Waals surface area contributed by atoms with E-state index in [1.165, 1.54) is 12.8 Å². The minimum atomic E-state index is -0.218. The summed E-state index contributed by atoms with van der Waals surface area (Å²) < 4.78 is 0. The van der Waals surface area contributed by atoms with Crippen molar-refractivity contribution in [3.05, 3.63) is 0 Å². The lowest BCUT2D eigenvalue weighted by atomic mass is 10.1. The Labute approximate surface area is 128 Å². The van der Waals surface area contributed by atoms with Crippen molar-refractivity contribution in [3.8, 4) is 0 Å². The van der Waals surface area contributed by atoms with Crippen molar-refractivity contribution >= 4 is 11.8 Å². The van der Waals surface area contributed by atoms with Gasteiger partial charge in [0.05, 0.1) is 6.54 Å². The van der Waals surface area contributed by atoms with Crippen LogP contribution in [0.15, 0.2) is 0 Å². The van der Waals surface area contributed by atoms with Crippen LogP contribution >= 0.6 is 0 Å². The maximum Gasteiger partial charge on any atom is 0.234 e. The standard InChI is InChI=1S/C16H31N3O2/c1-13(17-12-14(20)18-16(2,3)4)11-15(21)19-9-7-5-6-8-10-19/h13,17H,5-12H2,1-4H3,(H,18,20)/t13-/m0/s1. The van der Waals surface area contributed by atoms with Crippen molar-refractivity contribution in [1.29, 1.82) is 0 Å². The van der Waals surface area contributed by atoms with E-state index in [1.807, 2.05) is 32.6 Å². The van der Waals surface area contributed by atoms with Crippen molar-refractivity contribution in [2.75, 3.05) is 19.6 Å². The molecule has 0 saturated carbocycles. The second kappa shape index (κ2) is 8.37. The van der Waals surface area contributed by atoms with E-state index in [0.29, 0.717) is 6.42 Å². The molecule has 0 aromatic rings. The summed E-state index contributed by atoms with van der Waals surface area (Å²) in [4.78, 5) is 25.9. The van der Waals surface area contributed by atoms with E-state index in [-0.39, 0.29) is 29.9 Å². The Morgan fingerprint density at radius 1 is 1.10 bits per heavy atom. The SMILES string of the molecule is C[C@@H](CC(=O)N1CCCCCC1)NCC(=O)NC(C)(C)C. The number of hydrogen-bond donors (Lipinski definition) is 2. The monoisotopic (exact) mass is 297 g/mol. The van der Waals surface area contributed by atoms with Crippen molar-refractivity contribution in [3.63, 3.8) is 0 Å². The summed E-state index contributed by atoms with van der Waals surface area (Å²) in [7, 11) is 0. The second-order valence-corrected chi connectivity index (χ2v) is 7.08. The van der Waals surface area contributed by atoms with E-state index in [0.717, 1.165) is 25.9 Å². The highest BCUT2D eigenvalue weighted by molar-refractivity contribution is 5.79.